The van der Waals surface area contributed by atoms with Crippen molar-refractivity contribution in [3.8, 4) is 5.75 Å². The van der Waals surface area contributed by atoms with Crippen molar-refractivity contribution < 1.29 is 14.3 Å². The molecule has 0 saturated carbocycles. The van der Waals surface area contributed by atoms with Gasteiger partial charge in [0.25, 0.3) is 5.91 Å². The first-order valence-electron chi connectivity index (χ1n) is 11.4. The van der Waals surface area contributed by atoms with Crippen LogP contribution in [0.2, 0.25) is 0 Å². The number of aryl methyl sites for hydroxylation is 1. The van der Waals surface area contributed by atoms with Crippen LogP contribution < -0.4 is 10.1 Å². The first kappa shape index (κ1) is 24.4. The van der Waals surface area contributed by atoms with E-state index >= 15 is 0 Å². The van der Waals surface area contributed by atoms with Gasteiger partial charge in [-0.2, -0.15) is 0 Å². The summed E-state index contributed by atoms with van der Waals surface area (Å²) in [5.41, 5.74) is 2.36. The Kier molecular flexibility index (Phi) is 10.6. The molecule has 2 amide bonds. The van der Waals surface area contributed by atoms with Crippen LogP contribution in [-0.2, 0) is 22.4 Å². The standard InChI is InChI=1S/C26H36N2O3/c1-4-7-18-27-26(30)24(6-3)28(19-17-22-11-9-8-10-12-22)25(29)20-31-23-15-13-21(5-2)14-16-23/h8-16,24H,4-7,17-20H2,1-3H3,(H,27,30)/t24-/m0/s1. The molecule has 0 saturated heterocycles. The fourth-order valence-electron chi connectivity index (χ4n) is 3.45. The summed E-state index contributed by atoms with van der Waals surface area (Å²) in [6, 6.07) is 17.3. The second-order valence-electron chi connectivity index (χ2n) is 7.68. The molecule has 0 bridgehead atoms. The minimum absolute atomic E-state index is 0.0843. The van der Waals surface area contributed by atoms with E-state index in [0.29, 0.717) is 31.7 Å². The van der Waals surface area contributed by atoms with Crippen LogP contribution in [0, 0.1) is 0 Å². The summed E-state index contributed by atoms with van der Waals surface area (Å²) < 4.78 is 5.75. The molecule has 0 aliphatic heterocycles. The number of hydrogen-bond acceptors (Lipinski definition) is 3. The summed E-state index contributed by atoms with van der Waals surface area (Å²) in [6.45, 7) is 7.15. The Morgan fingerprint density at radius 1 is 0.968 bits per heavy atom. The lowest BCUT2D eigenvalue weighted by Crippen LogP contribution is -2.51. The van der Waals surface area contributed by atoms with Crippen LogP contribution in [0.15, 0.2) is 54.6 Å². The zero-order chi connectivity index (χ0) is 22.5. The summed E-state index contributed by atoms with van der Waals surface area (Å²) >= 11 is 0. The normalized spacial score (nSPS) is 11.6. The molecule has 0 aliphatic rings. The van der Waals surface area contributed by atoms with Crippen molar-refractivity contribution in [2.24, 2.45) is 0 Å². The molecule has 0 fully saturated rings. The summed E-state index contributed by atoms with van der Waals surface area (Å²) in [5, 5.41) is 2.98. The summed E-state index contributed by atoms with van der Waals surface area (Å²) in [4.78, 5) is 27.6. The third-order valence-corrected chi connectivity index (χ3v) is 5.39. The highest BCUT2D eigenvalue weighted by Gasteiger charge is 2.28. The number of ether oxygens (including phenoxy) is 1. The van der Waals surface area contributed by atoms with Gasteiger partial charge in [0.15, 0.2) is 6.61 Å². The second kappa shape index (κ2) is 13.5. The minimum atomic E-state index is -0.501. The number of benzene rings is 2. The van der Waals surface area contributed by atoms with Crippen LogP contribution in [0.25, 0.3) is 0 Å². The molecule has 5 nitrogen and oxygen atoms in total. The molecular weight excluding hydrogens is 388 g/mol. The quantitative estimate of drug-likeness (QED) is 0.485. The SMILES string of the molecule is CCCCNC(=O)[C@H](CC)N(CCc1ccccc1)C(=O)COc1ccc(CC)cc1. The van der Waals surface area contributed by atoms with Gasteiger partial charge in [-0.05, 0) is 48.9 Å². The van der Waals surface area contributed by atoms with Gasteiger partial charge in [0.2, 0.25) is 5.91 Å². The van der Waals surface area contributed by atoms with Gasteiger partial charge in [-0.25, -0.2) is 0 Å². The van der Waals surface area contributed by atoms with Crippen molar-refractivity contribution >= 4 is 11.8 Å². The lowest BCUT2D eigenvalue weighted by atomic mass is 10.1. The first-order valence-corrected chi connectivity index (χ1v) is 11.4. The highest BCUT2D eigenvalue weighted by atomic mass is 16.5. The molecule has 0 radical (unpaired) electrons. The van der Waals surface area contributed by atoms with E-state index in [1.165, 1.54) is 5.56 Å². The maximum Gasteiger partial charge on any atom is 0.261 e. The van der Waals surface area contributed by atoms with Crippen LogP contribution >= 0.6 is 0 Å². The number of nitrogens with one attached hydrogen (secondary N) is 1. The van der Waals surface area contributed by atoms with E-state index in [2.05, 4.69) is 19.2 Å². The first-order chi connectivity index (χ1) is 15.1. The number of carbonyl (C=O) groups excluding carboxylic acids is 2. The number of nitrogens with zero attached hydrogens (tertiary/aromatic N) is 1. The van der Waals surface area contributed by atoms with Gasteiger partial charge in [-0.1, -0.05) is 69.7 Å². The van der Waals surface area contributed by atoms with Gasteiger partial charge in [0.1, 0.15) is 11.8 Å². The van der Waals surface area contributed by atoms with Crippen molar-refractivity contribution in [1.29, 1.82) is 0 Å². The molecule has 0 aromatic heterocycles. The predicted octanol–water partition coefficient (Wildman–Crippen LogP) is 4.39. The van der Waals surface area contributed by atoms with E-state index < -0.39 is 6.04 Å². The van der Waals surface area contributed by atoms with E-state index in [4.69, 9.17) is 4.74 Å². The molecule has 2 aromatic carbocycles. The highest BCUT2D eigenvalue weighted by Crippen LogP contribution is 2.14. The number of carbonyl (C=O) groups is 2. The van der Waals surface area contributed by atoms with Crippen LogP contribution in [0.5, 0.6) is 5.75 Å². The maximum atomic E-state index is 13.1. The largest absolute Gasteiger partial charge is 0.484 e. The fourth-order valence-corrected chi connectivity index (χ4v) is 3.45. The molecule has 0 heterocycles. The minimum Gasteiger partial charge on any atom is -0.484 e. The van der Waals surface area contributed by atoms with Gasteiger partial charge in [-0.3, -0.25) is 9.59 Å². The van der Waals surface area contributed by atoms with Crippen molar-refractivity contribution in [3.63, 3.8) is 0 Å². The molecule has 1 N–H and O–H groups in total. The van der Waals surface area contributed by atoms with Gasteiger partial charge in [0, 0.05) is 13.1 Å². The number of rotatable bonds is 13. The molecule has 2 aromatic rings. The molecule has 2 rings (SSSR count). The van der Waals surface area contributed by atoms with E-state index in [0.717, 1.165) is 24.8 Å². The lowest BCUT2D eigenvalue weighted by Gasteiger charge is -2.30. The van der Waals surface area contributed by atoms with Crippen molar-refractivity contribution in [1.82, 2.24) is 10.2 Å². The van der Waals surface area contributed by atoms with Gasteiger partial charge in [0.05, 0.1) is 0 Å². The second-order valence-corrected chi connectivity index (χ2v) is 7.68. The molecular formula is C26H36N2O3. The van der Waals surface area contributed by atoms with E-state index in [9.17, 15) is 9.59 Å². The summed E-state index contributed by atoms with van der Waals surface area (Å²) in [6.07, 6.45) is 4.15. The van der Waals surface area contributed by atoms with Crippen LogP contribution in [0.1, 0.15) is 51.2 Å². The van der Waals surface area contributed by atoms with Gasteiger partial charge >= 0.3 is 0 Å². The number of hydrogen-bond donors (Lipinski definition) is 1. The van der Waals surface area contributed by atoms with E-state index in [1.54, 1.807) is 4.90 Å². The van der Waals surface area contributed by atoms with Crippen molar-refractivity contribution in [2.45, 2.75) is 58.9 Å². The molecule has 1 atom stereocenters. The zero-order valence-corrected chi connectivity index (χ0v) is 19.1. The number of amides is 2. The maximum absolute atomic E-state index is 13.1. The Balaban J connectivity index is 2.07. The highest BCUT2D eigenvalue weighted by molar-refractivity contribution is 5.88. The average Bonchev–Trinajstić information content (AvgIpc) is 2.81. The Hall–Kier alpha value is -2.82. The fraction of sp³-hybridized carbons (Fsp3) is 0.462. The van der Waals surface area contributed by atoms with E-state index in [1.807, 2.05) is 61.5 Å². The van der Waals surface area contributed by atoms with Crippen LogP contribution in [-0.4, -0.2) is 42.5 Å². The predicted molar refractivity (Wildman–Crippen MR) is 125 cm³/mol. The monoisotopic (exact) mass is 424 g/mol. The van der Waals surface area contributed by atoms with Crippen LogP contribution in [0.3, 0.4) is 0 Å². The Morgan fingerprint density at radius 3 is 2.29 bits per heavy atom. The van der Waals surface area contributed by atoms with E-state index in [-0.39, 0.29) is 18.4 Å². The number of unbranched alkanes of at least 4 members (excludes halogenated alkanes) is 1. The van der Waals surface area contributed by atoms with Gasteiger partial charge < -0.3 is 15.0 Å². The molecule has 168 valence electrons. The lowest BCUT2D eigenvalue weighted by molar-refractivity contribution is -0.142. The van der Waals surface area contributed by atoms with Gasteiger partial charge in [-0.15, -0.1) is 0 Å². The topological polar surface area (TPSA) is 58.6 Å². The molecule has 0 unspecified atom stereocenters. The van der Waals surface area contributed by atoms with Crippen molar-refractivity contribution in [3.05, 3.63) is 65.7 Å². The molecule has 0 aliphatic carbocycles. The molecule has 5 heteroatoms. The molecule has 0 spiro atoms. The smallest absolute Gasteiger partial charge is 0.261 e. The Bertz CT molecular complexity index is 790. The Labute approximate surface area is 186 Å². The summed E-state index contributed by atoms with van der Waals surface area (Å²) in [5.74, 6) is 0.395. The third kappa shape index (κ3) is 8.08. The Morgan fingerprint density at radius 2 is 1.68 bits per heavy atom. The average molecular weight is 425 g/mol. The third-order valence-electron chi connectivity index (χ3n) is 5.39. The summed E-state index contributed by atoms with van der Waals surface area (Å²) in [7, 11) is 0. The molecule has 31 heavy (non-hydrogen) atoms. The van der Waals surface area contributed by atoms with Crippen LogP contribution in [0.4, 0.5) is 0 Å². The van der Waals surface area contributed by atoms with Crippen molar-refractivity contribution in [2.75, 3.05) is 19.7 Å². The zero-order valence-electron chi connectivity index (χ0n) is 19.1.